The predicted octanol–water partition coefficient (Wildman–Crippen LogP) is 0.750. The molecule has 1 atom stereocenters. The minimum atomic E-state index is -0.886. The summed E-state index contributed by atoms with van der Waals surface area (Å²) in [5, 5.41) is 12.8. The first-order valence-electron chi connectivity index (χ1n) is 5.74. The Morgan fingerprint density at radius 3 is 2.56 bits per heavy atom. The number of carbonyl (C=O) groups excluding carboxylic acids is 1. The molecule has 0 spiro atoms. The molecule has 0 aromatic carbocycles. The second-order valence-electron chi connectivity index (χ2n) is 5.01. The van der Waals surface area contributed by atoms with Gasteiger partial charge in [0.15, 0.2) is 0 Å². The molecule has 6 heteroatoms. The monoisotopic (exact) mass is 252 g/mol. The van der Waals surface area contributed by atoms with E-state index < -0.39 is 5.60 Å². The summed E-state index contributed by atoms with van der Waals surface area (Å²) >= 11 is 0. The second-order valence-corrected chi connectivity index (χ2v) is 5.01. The molecule has 1 unspecified atom stereocenters. The first kappa shape index (κ1) is 14.4. The first-order valence-corrected chi connectivity index (χ1v) is 5.74. The van der Waals surface area contributed by atoms with Crippen molar-refractivity contribution in [1.29, 1.82) is 0 Å². The summed E-state index contributed by atoms with van der Waals surface area (Å²) in [6.07, 6.45) is 2.94. The van der Waals surface area contributed by atoms with Crippen molar-refractivity contribution in [3.05, 3.63) is 18.1 Å². The maximum absolute atomic E-state index is 11.7. The van der Waals surface area contributed by atoms with Crippen molar-refractivity contribution in [2.24, 2.45) is 0 Å². The number of amides is 1. The molecule has 0 saturated carbocycles. The van der Waals surface area contributed by atoms with Crippen molar-refractivity contribution < 1.29 is 9.90 Å². The number of hydrogen-bond acceptors (Lipinski definition) is 5. The van der Waals surface area contributed by atoms with E-state index in [2.05, 4.69) is 15.3 Å². The minimum absolute atomic E-state index is 0.206. The van der Waals surface area contributed by atoms with E-state index in [0.29, 0.717) is 5.82 Å². The van der Waals surface area contributed by atoms with Gasteiger partial charge in [0.2, 0.25) is 0 Å². The zero-order chi connectivity index (χ0) is 13.9. The van der Waals surface area contributed by atoms with Gasteiger partial charge in [-0.25, -0.2) is 4.98 Å². The van der Waals surface area contributed by atoms with Crippen LogP contribution in [0.15, 0.2) is 12.4 Å². The lowest BCUT2D eigenvalue weighted by molar-refractivity contribution is 0.0647. The third-order valence-corrected chi connectivity index (χ3v) is 2.68. The topological polar surface area (TPSA) is 78.4 Å². The highest BCUT2D eigenvalue weighted by Gasteiger charge is 2.22. The molecule has 18 heavy (non-hydrogen) atoms. The van der Waals surface area contributed by atoms with Crippen LogP contribution in [0.2, 0.25) is 0 Å². The quantitative estimate of drug-likeness (QED) is 0.826. The summed E-state index contributed by atoms with van der Waals surface area (Å²) in [6, 6.07) is -0.212. The Labute approximate surface area is 107 Å². The van der Waals surface area contributed by atoms with Crippen LogP contribution in [-0.4, -0.2) is 51.6 Å². The Morgan fingerprint density at radius 2 is 2.06 bits per heavy atom. The molecule has 1 aromatic heterocycles. The molecule has 0 bridgehead atoms. The fourth-order valence-electron chi connectivity index (χ4n) is 1.17. The molecule has 0 aliphatic carbocycles. The SMILES string of the molecule is CC(Nc1cncc(C(=O)N(C)C)n1)C(C)(C)O. The van der Waals surface area contributed by atoms with Gasteiger partial charge in [-0.2, -0.15) is 0 Å². The fourth-order valence-corrected chi connectivity index (χ4v) is 1.17. The van der Waals surface area contributed by atoms with Gasteiger partial charge in [-0.1, -0.05) is 0 Å². The molecule has 1 heterocycles. The second kappa shape index (κ2) is 5.30. The highest BCUT2D eigenvalue weighted by Crippen LogP contribution is 2.13. The van der Waals surface area contributed by atoms with Gasteiger partial charge in [-0.15, -0.1) is 0 Å². The molecular formula is C12H20N4O2. The standard InChI is InChI=1S/C12H20N4O2/c1-8(12(2,3)18)14-10-7-13-6-9(15-10)11(17)16(4)5/h6-8,18H,1-5H3,(H,14,15). The zero-order valence-electron chi connectivity index (χ0n) is 11.4. The molecule has 1 rings (SSSR count). The number of nitrogens with one attached hydrogen (secondary N) is 1. The van der Waals surface area contributed by atoms with Crippen LogP contribution in [0.4, 0.5) is 5.82 Å². The lowest BCUT2D eigenvalue weighted by Crippen LogP contribution is -2.39. The average Bonchev–Trinajstić information content (AvgIpc) is 2.27. The van der Waals surface area contributed by atoms with E-state index in [-0.39, 0.29) is 17.6 Å². The highest BCUT2D eigenvalue weighted by atomic mass is 16.3. The van der Waals surface area contributed by atoms with E-state index in [1.54, 1.807) is 27.9 Å². The molecule has 2 N–H and O–H groups in total. The normalized spacial score (nSPS) is 13.0. The molecule has 1 amide bonds. The van der Waals surface area contributed by atoms with E-state index >= 15 is 0 Å². The molecule has 0 aliphatic rings. The van der Waals surface area contributed by atoms with Crippen molar-refractivity contribution in [3.8, 4) is 0 Å². The van der Waals surface area contributed by atoms with Crippen LogP contribution in [0.25, 0.3) is 0 Å². The number of hydrogen-bond donors (Lipinski definition) is 2. The number of aromatic nitrogens is 2. The van der Waals surface area contributed by atoms with Gasteiger partial charge < -0.3 is 15.3 Å². The lowest BCUT2D eigenvalue weighted by atomic mass is 10.0. The van der Waals surface area contributed by atoms with Crippen molar-refractivity contribution in [3.63, 3.8) is 0 Å². The van der Waals surface area contributed by atoms with Crippen LogP contribution in [0.5, 0.6) is 0 Å². The van der Waals surface area contributed by atoms with Gasteiger partial charge in [0.1, 0.15) is 11.5 Å². The fraction of sp³-hybridized carbons (Fsp3) is 0.583. The Balaban J connectivity index is 2.87. The number of anilines is 1. The van der Waals surface area contributed by atoms with Crippen LogP contribution in [0.1, 0.15) is 31.3 Å². The van der Waals surface area contributed by atoms with Gasteiger partial charge in [-0.05, 0) is 20.8 Å². The van der Waals surface area contributed by atoms with E-state index in [1.165, 1.54) is 17.3 Å². The Kier molecular flexibility index (Phi) is 4.24. The molecule has 1 aromatic rings. The van der Waals surface area contributed by atoms with Crippen LogP contribution < -0.4 is 5.32 Å². The van der Waals surface area contributed by atoms with Crippen molar-refractivity contribution in [2.75, 3.05) is 19.4 Å². The summed E-state index contributed by atoms with van der Waals surface area (Å²) in [5.74, 6) is 0.263. The van der Waals surface area contributed by atoms with Crippen LogP contribution in [-0.2, 0) is 0 Å². The van der Waals surface area contributed by atoms with Crippen LogP contribution >= 0.6 is 0 Å². The zero-order valence-corrected chi connectivity index (χ0v) is 11.4. The molecule has 0 radical (unpaired) electrons. The van der Waals surface area contributed by atoms with Gasteiger partial charge in [0.05, 0.1) is 24.0 Å². The Hall–Kier alpha value is -1.69. The van der Waals surface area contributed by atoms with Gasteiger partial charge in [0.25, 0.3) is 5.91 Å². The lowest BCUT2D eigenvalue weighted by Gasteiger charge is -2.27. The Bertz CT molecular complexity index is 426. The summed E-state index contributed by atoms with van der Waals surface area (Å²) in [7, 11) is 3.31. The summed E-state index contributed by atoms with van der Waals surface area (Å²) < 4.78 is 0. The van der Waals surface area contributed by atoms with Crippen molar-refractivity contribution >= 4 is 11.7 Å². The predicted molar refractivity (Wildman–Crippen MR) is 69.4 cm³/mol. The largest absolute Gasteiger partial charge is 0.388 e. The smallest absolute Gasteiger partial charge is 0.273 e. The highest BCUT2D eigenvalue weighted by molar-refractivity contribution is 5.91. The molecule has 0 fully saturated rings. The minimum Gasteiger partial charge on any atom is -0.388 e. The number of carbonyl (C=O) groups is 1. The van der Waals surface area contributed by atoms with E-state index in [9.17, 15) is 9.90 Å². The van der Waals surface area contributed by atoms with Gasteiger partial charge in [0, 0.05) is 14.1 Å². The summed E-state index contributed by atoms with van der Waals surface area (Å²) in [4.78, 5) is 21.3. The van der Waals surface area contributed by atoms with E-state index in [0.717, 1.165) is 0 Å². The van der Waals surface area contributed by atoms with E-state index in [4.69, 9.17) is 0 Å². The third-order valence-electron chi connectivity index (χ3n) is 2.68. The maximum Gasteiger partial charge on any atom is 0.273 e. The molecular weight excluding hydrogens is 232 g/mol. The van der Waals surface area contributed by atoms with Crippen LogP contribution in [0.3, 0.4) is 0 Å². The van der Waals surface area contributed by atoms with Crippen molar-refractivity contribution in [1.82, 2.24) is 14.9 Å². The maximum atomic E-state index is 11.7. The average molecular weight is 252 g/mol. The van der Waals surface area contributed by atoms with E-state index in [1.807, 2.05) is 6.92 Å². The van der Waals surface area contributed by atoms with Crippen LogP contribution in [0, 0.1) is 0 Å². The first-order chi connectivity index (χ1) is 8.21. The number of rotatable bonds is 4. The van der Waals surface area contributed by atoms with Gasteiger partial charge >= 0.3 is 0 Å². The number of aliphatic hydroxyl groups is 1. The summed E-state index contributed by atoms with van der Waals surface area (Å²) in [5.41, 5.74) is -0.614. The molecule has 6 nitrogen and oxygen atoms in total. The van der Waals surface area contributed by atoms with Crippen molar-refractivity contribution in [2.45, 2.75) is 32.4 Å². The summed E-state index contributed by atoms with van der Waals surface area (Å²) in [6.45, 7) is 5.24. The molecule has 100 valence electrons. The molecule has 0 aliphatic heterocycles. The van der Waals surface area contributed by atoms with Gasteiger partial charge in [-0.3, -0.25) is 9.78 Å². The number of nitrogens with zero attached hydrogens (tertiary/aromatic N) is 3. The Morgan fingerprint density at radius 1 is 1.44 bits per heavy atom. The molecule has 0 saturated heterocycles. The third kappa shape index (κ3) is 3.66.